The smallest absolute Gasteiger partial charge is 0.225 e. The molecule has 1 aromatic carbocycles. The maximum Gasteiger partial charge on any atom is 0.225 e. The number of hydrogen-bond donors (Lipinski definition) is 2. The zero-order chi connectivity index (χ0) is 15.2. The van der Waals surface area contributed by atoms with E-state index in [1.54, 1.807) is 12.1 Å². The van der Waals surface area contributed by atoms with Gasteiger partial charge in [-0.3, -0.25) is 9.69 Å². The molecule has 1 saturated heterocycles. The van der Waals surface area contributed by atoms with Gasteiger partial charge in [-0.25, -0.2) is 4.39 Å². The molecule has 1 fully saturated rings. The van der Waals surface area contributed by atoms with Crippen molar-refractivity contribution in [3.63, 3.8) is 0 Å². The Morgan fingerprint density at radius 2 is 2.27 bits per heavy atom. The van der Waals surface area contributed by atoms with E-state index in [1.807, 2.05) is 0 Å². The summed E-state index contributed by atoms with van der Waals surface area (Å²) in [5.41, 5.74) is 6.35. The minimum Gasteiger partial charge on any atom is -0.329 e. The van der Waals surface area contributed by atoms with E-state index in [9.17, 15) is 9.18 Å². The fraction of sp³-hybridized carbons (Fsp3) is 0.562. The number of carbonyl (C=O) groups excluding carboxylic acids is 1. The Bertz CT molecular complexity index is 486. The van der Waals surface area contributed by atoms with Crippen LogP contribution in [0.3, 0.4) is 0 Å². The topological polar surface area (TPSA) is 58.4 Å². The predicted octanol–water partition coefficient (Wildman–Crippen LogP) is 2.64. The highest BCUT2D eigenvalue weighted by Gasteiger charge is 2.27. The molecule has 1 aromatic rings. The minimum absolute atomic E-state index is 0. The van der Waals surface area contributed by atoms with E-state index < -0.39 is 0 Å². The van der Waals surface area contributed by atoms with Crippen molar-refractivity contribution >= 4 is 24.0 Å². The van der Waals surface area contributed by atoms with E-state index in [0.717, 1.165) is 13.0 Å². The van der Waals surface area contributed by atoms with Crippen molar-refractivity contribution in [3.05, 3.63) is 30.1 Å². The molecule has 6 heteroatoms. The van der Waals surface area contributed by atoms with Crippen LogP contribution < -0.4 is 11.1 Å². The van der Waals surface area contributed by atoms with Gasteiger partial charge in [0.25, 0.3) is 0 Å². The molecule has 2 rings (SSSR count). The fourth-order valence-corrected chi connectivity index (χ4v) is 3.03. The van der Waals surface area contributed by atoms with E-state index in [1.165, 1.54) is 18.6 Å². The Kier molecular flexibility index (Phi) is 7.79. The number of hydrogen-bond acceptors (Lipinski definition) is 3. The number of amides is 1. The van der Waals surface area contributed by atoms with Crippen LogP contribution >= 0.6 is 12.4 Å². The van der Waals surface area contributed by atoms with E-state index in [4.69, 9.17) is 5.73 Å². The molecule has 0 aliphatic carbocycles. The molecule has 0 aromatic heterocycles. The fourth-order valence-electron chi connectivity index (χ4n) is 3.03. The largest absolute Gasteiger partial charge is 0.329 e. The molecule has 4 nitrogen and oxygen atoms in total. The molecular weight excluding hydrogens is 305 g/mol. The van der Waals surface area contributed by atoms with Gasteiger partial charge in [0, 0.05) is 31.2 Å². The summed E-state index contributed by atoms with van der Waals surface area (Å²) in [6, 6.07) is 6.31. The summed E-state index contributed by atoms with van der Waals surface area (Å²) in [6.45, 7) is 4.55. The summed E-state index contributed by atoms with van der Waals surface area (Å²) in [5.74, 6) is 0.144. The van der Waals surface area contributed by atoms with Crippen LogP contribution in [-0.2, 0) is 4.79 Å². The number of nitrogens with two attached hydrogens (primary N) is 1. The Labute approximate surface area is 137 Å². The quantitative estimate of drug-likeness (QED) is 0.873. The van der Waals surface area contributed by atoms with Gasteiger partial charge < -0.3 is 11.1 Å². The van der Waals surface area contributed by atoms with Gasteiger partial charge in [0.2, 0.25) is 5.91 Å². The zero-order valence-electron chi connectivity index (χ0n) is 12.9. The number of likely N-dealkylation sites (tertiary alicyclic amines) is 1. The molecular formula is C16H25ClFN3O. The predicted molar refractivity (Wildman–Crippen MR) is 89.7 cm³/mol. The number of nitrogens with one attached hydrogen (secondary N) is 1. The monoisotopic (exact) mass is 329 g/mol. The SMILES string of the molecule is CC1CCCN(CCC(=O)Nc2cccc(F)c2)C1CN.Cl. The van der Waals surface area contributed by atoms with Gasteiger partial charge in [-0.15, -0.1) is 12.4 Å². The van der Waals surface area contributed by atoms with Gasteiger partial charge in [0.1, 0.15) is 5.82 Å². The number of halogens is 2. The van der Waals surface area contributed by atoms with Crippen LogP contribution in [0.25, 0.3) is 0 Å². The number of piperidine rings is 1. The third kappa shape index (κ3) is 5.23. The molecule has 0 radical (unpaired) electrons. The van der Waals surface area contributed by atoms with Crippen molar-refractivity contribution in [3.8, 4) is 0 Å². The molecule has 2 unspecified atom stereocenters. The Morgan fingerprint density at radius 1 is 1.50 bits per heavy atom. The van der Waals surface area contributed by atoms with Crippen LogP contribution in [0, 0.1) is 11.7 Å². The Balaban J connectivity index is 0.00000242. The van der Waals surface area contributed by atoms with Crippen LogP contribution in [0.5, 0.6) is 0 Å². The Hall–Kier alpha value is -1.17. The highest BCUT2D eigenvalue weighted by atomic mass is 35.5. The van der Waals surface area contributed by atoms with Crippen LogP contribution in [0.4, 0.5) is 10.1 Å². The lowest BCUT2D eigenvalue weighted by Gasteiger charge is -2.39. The molecule has 1 aliphatic heterocycles. The average molecular weight is 330 g/mol. The van der Waals surface area contributed by atoms with Crippen molar-refractivity contribution in [1.82, 2.24) is 4.90 Å². The molecule has 0 bridgehead atoms. The summed E-state index contributed by atoms with van der Waals surface area (Å²) in [6.07, 6.45) is 2.76. The molecule has 0 spiro atoms. The van der Waals surface area contributed by atoms with Crippen LogP contribution in [0.1, 0.15) is 26.2 Å². The number of rotatable bonds is 5. The van der Waals surface area contributed by atoms with Crippen LogP contribution in [0.2, 0.25) is 0 Å². The molecule has 2 atom stereocenters. The highest BCUT2D eigenvalue weighted by molar-refractivity contribution is 5.90. The first-order valence-electron chi connectivity index (χ1n) is 7.59. The van der Waals surface area contributed by atoms with Gasteiger partial charge in [0.15, 0.2) is 0 Å². The number of nitrogens with zero attached hydrogens (tertiary/aromatic N) is 1. The van der Waals surface area contributed by atoms with Gasteiger partial charge >= 0.3 is 0 Å². The first-order valence-corrected chi connectivity index (χ1v) is 7.59. The lowest BCUT2D eigenvalue weighted by atomic mass is 9.90. The second-order valence-corrected chi connectivity index (χ2v) is 5.77. The molecule has 0 saturated carbocycles. The maximum absolute atomic E-state index is 13.1. The summed E-state index contributed by atoms with van der Waals surface area (Å²) >= 11 is 0. The Morgan fingerprint density at radius 3 is 2.95 bits per heavy atom. The van der Waals surface area contributed by atoms with Crippen molar-refractivity contribution in [1.29, 1.82) is 0 Å². The number of anilines is 1. The normalized spacial score (nSPS) is 22.0. The summed E-state index contributed by atoms with van der Waals surface area (Å²) in [4.78, 5) is 14.3. The highest BCUT2D eigenvalue weighted by Crippen LogP contribution is 2.22. The maximum atomic E-state index is 13.1. The summed E-state index contributed by atoms with van der Waals surface area (Å²) in [7, 11) is 0. The van der Waals surface area contributed by atoms with Crippen LogP contribution in [0.15, 0.2) is 24.3 Å². The van der Waals surface area contributed by atoms with Gasteiger partial charge in [-0.1, -0.05) is 13.0 Å². The lowest BCUT2D eigenvalue weighted by molar-refractivity contribution is -0.116. The van der Waals surface area contributed by atoms with E-state index in [0.29, 0.717) is 37.2 Å². The number of carbonyl (C=O) groups is 1. The minimum atomic E-state index is -0.346. The lowest BCUT2D eigenvalue weighted by Crippen LogP contribution is -2.49. The molecule has 1 amide bonds. The molecule has 22 heavy (non-hydrogen) atoms. The number of benzene rings is 1. The first kappa shape index (κ1) is 18.9. The van der Waals surface area contributed by atoms with Crippen molar-refractivity contribution in [2.24, 2.45) is 11.7 Å². The third-order valence-electron chi connectivity index (χ3n) is 4.21. The van der Waals surface area contributed by atoms with Crippen molar-refractivity contribution in [2.45, 2.75) is 32.2 Å². The second kappa shape index (κ2) is 9.08. The van der Waals surface area contributed by atoms with E-state index in [2.05, 4.69) is 17.1 Å². The summed E-state index contributed by atoms with van der Waals surface area (Å²) < 4.78 is 13.1. The zero-order valence-corrected chi connectivity index (χ0v) is 13.7. The van der Waals surface area contributed by atoms with E-state index >= 15 is 0 Å². The van der Waals surface area contributed by atoms with E-state index in [-0.39, 0.29) is 24.1 Å². The molecule has 1 heterocycles. The van der Waals surface area contributed by atoms with Crippen LogP contribution in [-0.4, -0.2) is 36.5 Å². The molecule has 1 aliphatic rings. The second-order valence-electron chi connectivity index (χ2n) is 5.77. The first-order chi connectivity index (χ1) is 10.1. The average Bonchev–Trinajstić information content (AvgIpc) is 2.45. The molecule has 124 valence electrons. The molecule has 3 N–H and O–H groups in total. The van der Waals surface area contributed by atoms with Gasteiger partial charge in [0.05, 0.1) is 0 Å². The summed E-state index contributed by atoms with van der Waals surface area (Å²) in [5, 5.41) is 2.73. The standard InChI is InChI=1S/C16H24FN3O.ClH/c1-12-4-3-8-20(15(12)11-18)9-7-16(21)19-14-6-2-5-13(17)10-14;/h2,5-6,10,12,15H,3-4,7-9,11,18H2,1H3,(H,19,21);1H. The van der Waals surface area contributed by atoms with Crippen molar-refractivity contribution in [2.75, 3.05) is 25.0 Å². The third-order valence-corrected chi connectivity index (χ3v) is 4.21. The van der Waals surface area contributed by atoms with Crippen molar-refractivity contribution < 1.29 is 9.18 Å². The van der Waals surface area contributed by atoms with Gasteiger partial charge in [-0.2, -0.15) is 0 Å². The van der Waals surface area contributed by atoms with Gasteiger partial charge in [-0.05, 0) is 43.5 Å².